The Kier molecular flexibility index (Phi) is 5.75. The molecule has 1 aromatic carbocycles. The van der Waals surface area contributed by atoms with Gasteiger partial charge in [0.15, 0.2) is 0 Å². The number of hydrogen-bond acceptors (Lipinski definition) is 5. The van der Waals surface area contributed by atoms with Crippen LogP contribution in [0, 0.1) is 10.1 Å². The second-order valence-electron chi connectivity index (χ2n) is 4.33. The molecule has 1 heterocycles. The summed E-state index contributed by atoms with van der Waals surface area (Å²) in [6.07, 6.45) is 0. The van der Waals surface area contributed by atoms with Gasteiger partial charge in [0.2, 0.25) is 0 Å². The smallest absolute Gasteiger partial charge is 0.277 e. The Bertz CT molecular complexity index is 708. The molecule has 0 saturated carbocycles. The van der Waals surface area contributed by atoms with Gasteiger partial charge in [-0.1, -0.05) is 0 Å². The van der Waals surface area contributed by atoms with E-state index in [9.17, 15) is 23.7 Å². The number of nitro groups is 1. The van der Waals surface area contributed by atoms with Gasteiger partial charge in [0.05, 0.1) is 22.9 Å². The zero-order valence-electron chi connectivity index (χ0n) is 11.0. The fraction of sp³-hybridized carbons (Fsp3) is 0.250. The number of thiophene rings is 1. The standard InChI is InChI=1S/C12H11F2N3O3S.ClH/c13-12(14,5-15)6-16-11(18)10-4-7-3-8(17(19)20)1-2-9(7)21-10;/h1-4H,5-6,15H2,(H,16,18);1H. The van der Waals surface area contributed by atoms with Crippen molar-refractivity contribution in [2.75, 3.05) is 13.1 Å². The first-order chi connectivity index (χ1) is 9.82. The predicted molar refractivity (Wildman–Crippen MR) is 82.1 cm³/mol. The highest BCUT2D eigenvalue weighted by atomic mass is 35.5. The number of benzene rings is 1. The number of rotatable bonds is 5. The van der Waals surface area contributed by atoms with Crippen LogP contribution in [0.3, 0.4) is 0 Å². The average Bonchev–Trinajstić information content (AvgIpc) is 2.87. The number of halogens is 3. The summed E-state index contributed by atoms with van der Waals surface area (Å²) in [6.45, 7) is -1.71. The van der Waals surface area contributed by atoms with Gasteiger partial charge in [-0.15, -0.1) is 23.7 Å². The van der Waals surface area contributed by atoms with Crippen molar-refractivity contribution in [3.63, 3.8) is 0 Å². The molecule has 0 aliphatic carbocycles. The maximum atomic E-state index is 13.0. The lowest BCUT2D eigenvalue weighted by atomic mass is 10.2. The second kappa shape index (κ2) is 6.95. The molecule has 0 aliphatic rings. The van der Waals surface area contributed by atoms with Gasteiger partial charge in [-0.25, -0.2) is 8.78 Å². The molecule has 2 rings (SSSR count). The van der Waals surface area contributed by atoms with E-state index in [-0.39, 0.29) is 23.0 Å². The first-order valence-corrected chi connectivity index (χ1v) is 6.68. The Morgan fingerprint density at radius 3 is 2.68 bits per heavy atom. The molecular formula is C12H12ClF2N3O3S. The second-order valence-corrected chi connectivity index (χ2v) is 5.42. The van der Waals surface area contributed by atoms with E-state index in [0.717, 1.165) is 11.3 Å². The molecule has 0 spiro atoms. The number of carbonyl (C=O) groups is 1. The summed E-state index contributed by atoms with van der Waals surface area (Å²) in [7, 11) is 0. The molecule has 0 bridgehead atoms. The van der Waals surface area contributed by atoms with Crippen molar-refractivity contribution >= 4 is 45.4 Å². The number of nitrogens with one attached hydrogen (secondary N) is 1. The minimum Gasteiger partial charge on any atom is -0.345 e. The van der Waals surface area contributed by atoms with Gasteiger partial charge < -0.3 is 11.1 Å². The minimum atomic E-state index is -3.16. The normalized spacial score (nSPS) is 11.0. The lowest BCUT2D eigenvalue weighted by Crippen LogP contribution is -2.41. The van der Waals surface area contributed by atoms with Crippen molar-refractivity contribution in [3.8, 4) is 0 Å². The number of hydrogen-bond donors (Lipinski definition) is 2. The van der Waals surface area contributed by atoms with Crippen LogP contribution in [0.25, 0.3) is 10.1 Å². The van der Waals surface area contributed by atoms with Gasteiger partial charge in [0.25, 0.3) is 17.5 Å². The van der Waals surface area contributed by atoms with Crippen LogP contribution in [0.1, 0.15) is 9.67 Å². The summed E-state index contributed by atoms with van der Waals surface area (Å²) < 4.78 is 26.6. The van der Waals surface area contributed by atoms with Crippen LogP contribution in [-0.2, 0) is 0 Å². The van der Waals surface area contributed by atoms with Crippen molar-refractivity contribution in [2.24, 2.45) is 5.73 Å². The zero-order chi connectivity index (χ0) is 15.6. The number of nitro benzene ring substituents is 1. The largest absolute Gasteiger partial charge is 0.345 e. The van der Waals surface area contributed by atoms with E-state index in [4.69, 9.17) is 5.73 Å². The molecule has 0 fully saturated rings. The van der Waals surface area contributed by atoms with Gasteiger partial charge in [-0.05, 0) is 12.1 Å². The topological polar surface area (TPSA) is 98.3 Å². The molecule has 1 aromatic heterocycles. The summed E-state index contributed by atoms with van der Waals surface area (Å²) in [5, 5.41) is 13.3. The average molecular weight is 352 g/mol. The van der Waals surface area contributed by atoms with Crippen molar-refractivity contribution in [3.05, 3.63) is 39.3 Å². The molecule has 0 radical (unpaired) electrons. The first-order valence-electron chi connectivity index (χ1n) is 5.86. The molecule has 0 aliphatic heterocycles. The lowest BCUT2D eigenvalue weighted by molar-refractivity contribution is -0.384. The molecular weight excluding hydrogens is 340 g/mol. The summed E-state index contributed by atoms with van der Waals surface area (Å²) >= 11 is 1.07. The molecule has 120 valence electrons. The van der Waals surface area contributed by atoms with Crippen molar-refractivity contribution in [1.29, 1.82) is 0 Å². The van der Waals surface area contributed by atoms with E-state index in [1.807, 2.05) is 0 Å². The molecule has 0 atom stereocenters. The number of amides is 1. The number of fused-ring (bicyclic) bond motifs is 1. The molecule has 0 unspecified atom stereocenters. The fourth-order valence-corrected chi connectivity index (χ4v) is 2.58. The van der Waals surface area contributed by atoms with E-state index >= 15 is 0 Å². The number of alkyl halides is 2. The molecule has 22 heavy (non-hydrogen) atoms. The highest BCUT2D eigenvalue weighted by Gasteiger charge is 2.27. The van der Waals surface area contributed by atoms with Gasteiger partial charge >= 0.3 is 0 Å². The summed E-state index contributed by atoms with van der Waals surface area (Å²) in [5.41, 5.74) is 4.78. The molecule has 0 saturated heterocycles. The Hall–Kier alpha value is -1.84. The monoisotopic (exact) mass is 351 g/mol. The molecule has 3 N–H and O–H groups in total. The maximum absolute atomic E-state index is 13.0. The number of carbonyl (C=O) groups excluding carboxylic acids is 1. The third-order valence-corrected chi connectivity index (χ3v) is 3.86. The molecule has 10 heteroatoms. The zero-order valence-corrected chi connectivity index (χ0v) is 12.7. The van der Waals surface area contributed by atoms with E-state index < -0.39 is 29.8 Å². The minimum absolute atomic E-state index is 0. The van der Waals surface area contributed by atoms with Crippen LogP contribution in [0.2, 0.25) is 0 Å². The fourth-order valence-electron chi connectivity index (χ4n) is 1.63. The van der Waals surface area contributed by atoms with E-state index in [2.05, 4.69) is 5.32 Å². The Balaban J connectivity index is 0.00000242. The summed E-state index contributed by atoms with van der Waals surface area (Å²) in [4.78, 5) is 22.1. The quantitative estimate of drug-likeness (QED) is 0.638. The van der Waals surface area contributed by atoms with Gasteiger partial charge in [-0.3, -0.25) is 14.9 Å². The Morgan fingerprint density at radius 2 is 2.09 bits per heavy atom. The Labute approximate surface area is 133 Å². The van der Waals surface area contributed by atoms with Crippen molar-refractivity contribution in [2.45, 2.75) is 5.92 Å². The molecule has 2 aromatic rings. The van der Waals surface area contributed by atoms with Crippen LogP contribution in [-0.4, -0.2) is 29.8 Å². The maximum Gasteiger partial charge on any atom is 0.277 e. The van der Waals surface area contributed by atoms with Crippen LogP contribution >= 0.6 is 23.7 Å². The highest BCUT2D eigenvalue weighted by Crippen LogP contribution is 2.29. The third-order valence-electron chi connectivity index (χ3n) is 2.74. The number of nitrogens with zero attached hydrogens (tertiary/aromatic N) is 1. The highest BCUT2D eigenvalue weighted by molar-refractivity contribution is 7.20. The van der Waals surface area contributed by atoms with Crippen LogP contribution in [0.15, 0.2) is 24.3 Å². The van der Waals surface area contributed by atoms with Crippen molar-refractivity contribution in [1.82, 2.24) is 5.32 Å². The van der Waals surface area contributed by atoms with Crippen molar-refractivity contribution < 1.29 is 18.5 Å². The van der Waals surface area contributed by atoms with Gasteiger partial charge in [0, 0.05) is 22.2 Å². The van der Waals surface area contributed by atoms with Gasteiger partial charge in [-0.2, -0.15) is 0 Å². The third kappa shape index (κ3) is 4.09. The van der Waals surface area contributed by atoms with Crippen LogP contribution in [0.5, 0.6) is 0 Å². The predicted octanol–water partition coefficient (Wildman–Crippen LogP) is 2.56. The number of nitrogens with two attached hydrogens (primary N) is 1. The first kappa shape index (κ1) is 18.2. The van der Waals surface area contributed by atoms with Crippen LogP contribution in [0.4, 0.5) is 14.5 Å². The summed E-state index contributed by atoms with van der Waals surface area (Å²) in [6, 6.07) is 5.60. The van der Waals surface area contributed by atoms with E-state index in [1.165, 1.54) is 24.3 Å². The lowest BCUT2D eigenvalue weighted by Gasteiger charge is -2.13. The molecule has 1 amide bonds. The summed E-state index contributed by atoms with van der Waals surface area (Å²) in [5.74, 6) is -3.82. The SMILES string of the molecule is Cl.NCC(F)(F)CNC(=O)c1cc2cc([N+](=O)[O-])ccc2s1. The number of non-ortho nitro benzene ring substituents is 1. The van der Waals surface area contributed by atoms with Gasteiger partial charge in [0.1, 0.15) is 0 Å². The molecule has 6 nitrogen and oxygen atoms in total. The van der Waals surface area contributed by atoms with E-state index in [0.29, 0.717) is 10.1 Å². The Morgan fingerprint density at radius 1 is 1.41 bits per heavy atom. The van der Waals surface area contributed by atoms with E-state index in [1.54, 1.807) is 0 Å². The van der Waals surface area contributed by atoms with Crippen LogP contribution < -0.4 is 11.1 Å².